The molecule has 1 amide bonds. The third-order valence-electron chi connectivity index (χ3n) is 2.80. The summed E-state index contributed by atoms with van der Waals surface area (Å²) in [4.78, 5) is 11.6. The van der Waals surface area contributed by atoms with E-state index in [0.717, 1.165) is 0 Å². The van der Waals surface area contributed by atoms with Gasteiger partial charge in [0.05, 0.1) is 17.4 Å². The molecule has 5 nitrogen and oxygen atoms in total. The maximum absolute atomic E-state index is 11.9. The molecule has 1 unspecified atom stereocenters. The van der Waals surface area contributed by atoms with Crippen molar-refractivity contribution in [1.29, 1.82) is 5.26 Å². The molecule has 0 fully saturated rings. The molecule has 0 aliphatic carbocycles. The van der Waals surface area contributed by atoms with Crippen molar-refractivity contribution >= 4 is 15.9 Å². The van der Waals surface area contributed by atoms with Gasteiger partial charge in [0, 0.05) is 5.92 Å². The van der Waals surface area contributed by atoms with E-state index in [1.807, 2.05) is 17.7 Å². The van der Waals surface area contributed by atoms with E-state index in [1.165, 1.54) is 0 Å². The first-order chi connectivity index (χ1) is 8.89. The number of nitrogens with zero attached hydrogens (tertiary/aromatic N) is 1. The second-order valence-corrected chi connectivity index (χ2v) is 6.03. The molecule has 1 aromatic carbocycles. The summed E-state index contributed by atoms with van der Waals surface area (Å²) < 4.78 is 25.7. The zero-order valence-electron chi connectivity index (χ0n) is 10.9. The maximum atomic E-state index is 11.9. The summed E-state index contributed by atoms with van der Waals surface area (Å²) in [5.41, 5.74) is 0.679. The Morgan fingerprint density at radius 3 is 2.63 bits per heavy atom. The monoisotopic (exact) mass is 280 g/mol. The highest BCUT2D eigenvalue weighted by molar-refractivity contribution is 7.89. The predicted octanol–water partition coefficient (Wildman–Crippen LogP) is 1.55. The molecule has 0 aromatic heterocycles. The molecule has 102 valence electrons. The fraction of sp³-hybridized carbons (Fsp3) is 0.385. The van der Waals surface area contributed by atoms with Crippen molar-refractivity contribution in [2.24, 2.45) is 5.92 Å². The van der Waals surface area contributed by atoms with E-state index in [4.69, 9.17) is 5.26 Å². The van der Waals surface area contributed by atoms with Crippen molar-refractivity contribution in [3.8, 4) is 6.07 Å². The second kappa shape index (κ2) is 6.34. The van der Waals surface area contributed by atoms with E-state index in [1.54, 1.807) is 31.2 Å². The molecule has 0 aliphatic rings. The van der Waals surface area contributed by atoms with Crippen LogP contribution in [0.1, 0.15) is 31.4 Å². The van der Waals surface area contributed by atoms with Crippen LogP contribution in [0.4, 0.5) is 0 Å². The van der Waals surface area contributed by atoms with Crippen LogP contribution in [-0.2, 0) is 20.6 Å². The summed E-state index contributed by atoms with van der Waals surface area (Å²) in [6.07, 6.45) is 0.566. The highest BCUT2D eigenvalue weighted by Gasteiger charge is 2.20. The summed E-state index contributed by atoms with van der Waals surface area (Å²) in [6, 6.07) is 8.35. The third-order valence-corrected chi connectivity index (χ3v) is 4.00. The van der Waals surface area contributed by atoms with E-state index in [-0.39, 0.29) is 11.7 Å². The zero-order chi connectivity index (χ0) is 14.5. The number of nitrogens with one attached hydrogen (secondary N) is 1. The molecule has 19 heavy (non-hydrogen) atoms. The lowest BCUT2D eigenvalue weighted by atomic mass is 10.1. The Balaban J connectivity index is 2.86. The standard InChI is InChI=1S/C13H16N2O3S/c1-3-10(2)13(16)15-19(17,18)9-12-7-5-4-6-11(12)8-14/h4-7,10H,3,9H2,1-2H3,(H,15,16). The van der Waals surface area contributed by atoms with Crippen LogP contribution in [0.3, 0.4) is 0 Å². The highest BCUT2D eigenvalue weighted by Crippen LogP contribution is 2.11. The van der Waals surface area contributed by atoms with Gasteiger partial charge in [0.15, 0.2) is 0 Å². The minimum Gasteiger partial charge on any atom is -0.274 e. The first-order valence-electron chi connectivity index (χ1n) is 5.92. The zero-order valence-corrected chi connectivity index (χ0v) is 11.7. The largest absolute Gasteiger partial charge is 0.274 e. The normalized spacial score (nSPS) is 12.5. The molecule has 0 spiro atoms. The van der Waals surface area contributed by atoms with Crippen LogP contribution in [0.2, 0.25) is 0 Å². The number of carbonyl (C=O) groups excluding carboxylic acids is 1. The van der Waals surface area contributed by atoms with Gasteiger partial charge in [-0.25, -0.2) is 8.42 Å². The van der Waals surface area contributed by atoms with Gasteiger partial charge in [0.1, 0.15) is 0 Å². The Morgan fingerprint density at radius 1 is 1.42 bits per heavy atom. The van der Waals surface area contributed by atoms with E-state index in [9.17, 15) is 13.2 Å². The van der Waals surface area contributed by atoms with E-state index >= 15 is 0 Å². The molecule has 0 aliphatic heterocycles. The Hall–Kier alpha value is -1.87. The maximum Gasteiger partial charge on any atom is 0.239 e. The van der Waals surface area contributed by atoms with Crippen LogP contribution >= 0.6 is 0 Å². The molecule has 0 saturated heterocycles. The Kier molecular flexibility index (Phi) is 5.07. The SMILES string of the molecule is CCC(C)C(=O)NS(=O)(=O)Cc1ccccc1C#N. The Bertz CT molecular complexity index is 603. The smallest absolute Gasteiger partial charge is 0.239 e. The van der Waals surface area contributed by atoms with Crippen molar-refractivity contribution in [2.45, 2.75) is 26.0 Å². The summed E-state index contributed by atoms with van der Waals surface area (Å²) in [6.45, 7) is 3.47. The van der Waals surface area contributed by atoms with Crippen molar-refractivity contribution in [1.82, 2.24) is 4.72 Å². The van der Waals surface area contributed by atoms with Crippen molar-refractivity contribution in [2.75, 3.05) is 0 Å². The van der Waals surface area contributed by atoms with Gasteiger partial charge in [-0.15, -0.1) is 0 Å². The summed E-state index contributed by atoms with van der Waals surface area (Å²) in [5, 5.41) is 8.89. The average Bonchev–Trinajstić information content (AvgIpc) is 2.37. The first kappa shape index (κ1) is 15.2. The molecule has 0 radical (unpaired) electrons. The van der Waals surface area contributed by atoms with Gasteiger partial charge in [-0.2, -0.15) is 5.26 Å². The van der Waals surface area contributed by atoms with Crippen molar-refractivity contribution in [3.63, 3.8) is 0 Å². The topological polar surface area (TPSA) is 87.0 Å². The molecule has 1 atom stereocenters. The first-order valence-corrected chi connectivity index (χ1v) is 7.57. The fourth-order valence-electron chi connectivity index (χ4n) is 1.44. The molecule has 0 heterocycles. The number of benzene rings is 1. The number of hydrogen-bond acceptors (Lipinski definition) is 4. The number of carbonyl (C=O) groups is 1. The minimum absolute atomic E-state index is 0.295. The molecule has 0 saturated carbocycles. The molecule has 1 N–H and O–H groups in total. The van der Waals surface area contributed by atoms with Crippen molar-refractivity contribution in [3.05, 3.63) is 35.4 Å². The van der Waals surface area contributed by atoms with Crippen LogP contribution in [-0.4, -0.2) is 14.3 Å². The molecule has 6 heteroatoms. The van der Waals surface area contributed by atoms with Gasteiger partial charge in [0.2, 0.25) is 15.9 Å². The highest BCUT2D eigenvalue weighted by atomic mass is 32.2. The average molecular weight is 280 g/mol. The Morgan fingerprint density at radius 2 is 2.05 bits per heavy atom. The number of sulfonamides is 1. The summed E-state index contributed by atoms with van der Waals surface area (Å²) in [7, 11) is -3.77. The summed E-state index contributed by atoms with van der Waals surface area (Å²) >= 11 is 0. The fourth-order valence-corrected chi connectivity index (χ4v) is 2.68. The molecular formula is C13H16N2O3S. The molecule has 0 bridgehead atoms. The van der Waals surface area contributed by atoms with Crippen LogP contribution in [0.5, 0.6) is 0 Å². The number of rotatable bonds is 5. The minimum atomic E-state index is -3.77. The summed E-state index contributed by atoms with van der Waals surface area (Å²) in [5.74, 6) is -1.25. The van der Waals surface area contributed by atoms with Crippen molar-refractivity contribution < 1.29 is 13.2 Å². The lowest BCUT2D eigenvalue weighted by Gasteiger charge is -2.11. The molecule has 1 aromatic rings. The van der Waals surface area contributed by atoms with Crippen LogP contribution in [0, 0.1) is 17.2 Å². The molecule has 1 rings (SSSR count). The van der Waals surface area contributed by atoms with Crippen LogP contribution in [0.15, 0.2) is 24.3 Å². The van der Waals surface area contributed by atoms with Crippen LogP contribution < -0.4 is 4.72 Å². The van der Waals surface area contributed by atoms with Gasteiger partial charge in [-0.1, -0.05) is 32.0 Å². The van der Waals surface area contributed by atoms with Crippen LogP contribution in [0.25, 0.3) is 0 Å². The number of amides is 1. The second-order valence-electron chi connectivity index (χ2n) is 4.30. The van der Waals surface area contributed by atoms with Gasteiger partial charge >= 0.3 is 0 Å². The van der Waals surface area contributed by atoms with E-state index in [2.05, 4.69) is 0 Å². The Labute approximate surface area is 113 Å². The quantitative estimate of drug-likeness (QED) is 0.886. The number of nitriles is 1. The third kappa shape index (κ3) is 4.38. The van der Waals surface area contributed by atoms with Gasteiger partial charge in [0.25, 0.3) is 0 Å². The molecular weight excluding hydrogens is 264 g/mol. The predicted molar refractivity (Wildman–Crippen MR) is 71.4 cm³/mol. The van der Waals surface area contributed by atoms with Gasteiger partial charge in [-0.05, 0) is 18.1 Å². The lowest BCUT2D eigenvalue weighted by molar-refractivity contribution is -0.122. The van der Waals surface area contributed by atoms with E-state index < -0.39 is 15.9 Å². The number of hydrogen-bond donors (Lipinski definition) is 1. The van der Waals surface area contributed by atoms with E-state index in [0.29, 0.717) is 17.5 Å². The van der Waals surface area contributed by atoms with Gasteiger partial charge < -0.3 is 0 Å². The van der Waals surface area contributed by atoms with Gasteiger partial charge in [-0.3, -0.25) is 9.52 Å². The lowest BCUT2D eigenvalue weighted by Crippen LogP contribution is -2.35.